The van der Waals surface area contributed by atoms with E-state index in [-0.39, 0.29) is 49.7 Å². The van der Waals surface area contributed by atoms with Crippen molar-refractivity contribution in [1.29, 1.82) is 0 Å². The quantitative estimate of drug-likeness (QED) is 0.309. The standard InChI is InChI=1S/C11H18N2O4/c1-2-13-11(17)7-10(16)4-3-9(15)5-6-12-8-14/h8H,2-7H2,1H3,(H,12,14)(H,13,17). The van der Waals surface area contributed by atoms with Crippen LogP contribution in [0.15, 0.2) is 0 Å². The zero-order valence-corrected chi connectivity index (χ0v) is 9.95. The normalized spacial score (nSPS) is 9.47. The monoisotopic (exact) mass is 242 g/mol. The minimum absolute atomic E-state index is 0.0804. The van der Waals surface area contributed by atoms with Crippen LogP contribution in [0.2, 0.25) is 0 Å². The SMILES string of the molecule is CCNC(=O)CC(=O)CCC(=O)CCNC=O. The molecule has 0 aromatic rings. The zero-order valence-electron chi connectivity index (χ0n) is 9.95. The van der Waals surface area contributed by atoms with E-state index in [1.54, 1.807) is 6.92 Å². The summed E-state index contributed by atoms with van der Waals surface area (Å²) >= 11 is 0. The molecular weight excluding hydrogens is 224 g/mol. The summed E-state index contributed by atoms with van der Waals surface area (Å²) in [5.41, 5.74) is 0. The predicted molar refractivity (Wildman–Crippen MR) is 61.2 cm³/mol. The molecule has 0 aliphatic heterocycles. The molecule has 0 saturated carbocycles. The van der Waals surface area contributed by atoms with Crippen molar-refractivity contribution in [3.63, 3.8) is 0 Å². The minimum atomic E-state index is -0.312. The summed E-state index contributed by atoms with van der Waals surface area (Å²) in [4.78, 5) is 43.5. The van der Waals surface area contributed by atoms with Crippen LogP contribution in [-0.2, 0) is 19.2 Å². The Morgan fingerprint density at radius 2 is 1.71 bits per heavy atom. The van der Waals surface area contributed by atoms with E-state index >= 15 is 0 Å². The van der Waals surface area contributed by atoms with Crippen molar-refractivity contribution in [2.75, 3.05) is 13.1 Å². The summed E-state index contributed by atoms with van der Waals surface area (Å²) in [5.74, 6) is -0.649. The Morgan fingerprint density at radius 1 is 1.06 bits per heavy atom. The first-order valence-corrected chi connectivity index (χ1v) is 5.57. The van der Waals surface area contributed by atoms with Gasteiger partial charge in [-0.1, -0.05) is 0 Å². The highest BCUT2D eigenvalue weighted by atomic mass is 16.2. The van der Waals surface area contributed by atoms with Gasteiger partial charge in [0.15, 0.2) is 0 Å². The van der Waals surface area contributed by atoms with E-state index in [9.17, 15) is 19.2 Å². The summed E-state index contributed by atoms with van der Waals surface area (Å²) in [6, 6.07) is 0. The summed E-state index contributed by atoms with van der Waals surface area (Å²) < 4.78 is 0. The fourth-order valence-electron chi connectivity index (χ4n) is 1.20. The van der Waals surface area contributed by atoms with E-state index in [2.05, 4.69) is 10.6 Å². The first kappa shape index (κ1) is 15.3. The lowest BCUT2D eigenvalue weighted by atomic mass is 10.1. The van der Waals surface area contributed by atoms with Crippen molar-refractivity contribution >= 4 is 23.9 Å². The second kappa shape index (κ2) is 9.50. The summed E-state index contributed by atoms with van der Waals surface area (Å²) in [6.07, 6.45) is 0.768. The minimum Gasteiger partial charge on any atom is -0.358 e. The average Bonchev–Trinajstić information content (AvgIpc) is 2.27. The van der Waals surface area contributed by atoms with E-state index in [0.29, 0.717) is 13.0 Å². The molecule has 6 heteroatoms. The van der Waals surface area contributed by atoms with Gasteiger partial charge >= 0.3 is 0 Å². The van der Waals surface area contributed by atoms with Gasteiger partial charge in [0.25, 0.3) is 0 Å². The largest absolute Gasteiger partial charge is 0.358 e. The molecule has 0 heterocycles. The van der Waals surface area contributed by atoms with Gasteiger partial charge in [-0.2, -0.15) is 0 Å². The van der Waals surface area contributed by atoms with Gasteiger partial charge in [0.1, 0.15) is 11.6 Å². The number of nitrogens with one attached hydrogen (secondary N) is 2. The van der Waals surface area contributed by atoms with Crippen LogP contribution in [0.25, 0.3) is 0 Å². The lowest BCUT2D eigenvalue weighted by molar-refractivity contribution is -0.130. The van der Waals surface area contributed by atoms with Crippen LogP contribution in [-0.4, -0.2) is 37.0 Å². The maximum Gasteiger partial charge on any atom is 0.227 e. The number of carbonyl (C=O) groups excluding carboxylic acids is 4. The smallest absolute Gasteiger partial charge is 0.227 e. The molecule has 0 aromatic heterocycles. The van der Waals surface area contributed by atoms with Crippen LogP contribution in [0.3, 0.4) is 0 Å². The second-order valence-corrected chi connectivity index (χ2v) is 3.53. The topological polar surface area (TPSA) is 92.3 Å². The maximum absolute atomic E-state index is 11.3. The molecular formula is C11H18N2O4. The highest BCUT2D eigenvalue weighted by Gasteiger charge is 2.10. The highest BCUT2D eigenvalue weighted by Crippen LogP contribution is 1.99. The Kier molecular flexibility index (Phi) is 8.54. The summed E-state index contributed by atoms with van der Waals surface area (Å²) in [5, 5.41) is 4.88. The Balaban J connectivity index is 3.65. The number of Topliss-reactive ketones (excluding diaryl/α,β-unsaturated/α-hetero) is 2. The Morgan fingerprint density at radius 3 is 2.29 bits per heavy atom. The number of carbonyl (C=O) groups is 4. The van der Waals surface area contributed by atoms with Gasteiger partial charge in [-0.15, -0.1) is 0 Å². The van der Waals surface area contributed by atoms with Crippen LogP contribution in [0.5, 0.6) is 0 Å². The van der Waals surface area contributed by atoms with Crippen molar-refractivity contribution in [3.8, 4) is 0 Å². The van der Waals surface area contributed by atoms with E-state index in [0.717, 1.165) is 0 Å². The molecule has 0 aliphatic rings. The summed E-state index contributed by atoms with van der Waals surface area (Å²) in [6.45, 7) is 2.54. The molecule has 6 nitrogen and oxygen atoms in total. The van der Waals surface area contributed by atoms with Gasteiger partial charge in [0, 0.05) is 32.4 Å². The van der Waals surface area contributed by atoms with Crippen LogP contribution < -0.4 is 10.6 Å². The van der Waals surface area contributed by atoms with Crippen LogP contribution in [0.1, 0.15) is 32.6 Å². The molecule has 0 bridgehead atoms. The number of amides is 2. The molecule has 96 valence electrons. The van der Waals surface area contributed by atoms with E-state index in [4.69, 9.17) is 0 Å². The van der Waals surface area contributed by atoms with Gasteiger partial charge in [0.2, 0.25) is 12.3 Å². The lowest BCUT2D eigenvalue weighted by Gasteiger charge is -2.02. The van der Waals surface area contributed by atoms with E-state index < -0.39 is 0 Å². The molecule has 0 aromatic carbocycles. The van der Waals surface area contributed by atoms with Gasteiger partial charge in [0.05, 0.1) is 6.42 Å². The molecule has 0 rings (SSSR count). The fourth-order valence-corrected chi connectivity index (χ4v) is 1.20. The lowest BCUT2D eigenvalue weighted by Crippen LogP contribution is -2.25. The fraction of sp³-hybridized carbons (Fsp3) is 0.636. The van der Waals surface area contributed by atoms with Crippen LogP contribution in [0.4, 0.5) is 0 Å². The van der Waals surface area contributed by atoms with Crippen molar-refractivity contribution in [2.24, 2.45) is 0 Å². The third kappa shape index (κ3) is 9.22. The number of hydrogen-bond acceptors (Lipinski definition) is 4. The molecule has 0 saturated heterocycles. The molecule has 17 heavy (non-hydrogen) atoms. The Bertz CT molecular complexity index is 289. The van der Waals surface area contributed by atoms with Gasteiger partial charge in [-0.3, -0.25) is 19.2 Å². The second-order valence-electron chi connectivity index (χ2n) is 3.53. The van der Waals surface area contributed by atoms with Crippen molar-refractivity contribution in [3.05, 3.63) is 0 Å². The van der Waals surface area contributed by atoms with Crippen molar-refractivity contribution in [1.82, 2.24) is 10.6 Å². The molecule has 0 radical (unpaired) electrons. The Labute approximate surface area is 100 Å². The average molecular weight is 242 g/mol. The summed E-state index contributed by atoms with van der Waals surface area (Å²) in [7, 11) is 0. The van der Waals surface area contributed by atoms with Crippen molar-refractivity contribution < 1.29 is 19.2 Å². The van der Waals surface area contributed by atoms with Crippen molar-refractivity contribution in [2.45, 2.75) is 32.6 Å². The molecule has 0 unspecified atom stereocenters. The molecule has 0 spiro atoms. The van der Waals surface area contributed by atoms with E-state index in [1.807, 2.05) is 0 Å². The van der Waals surface area contributed by atoms with Crippen LogP contribution >= 0.6 is 0 Å². The molecule has 2 N–H and O–H groups in total. The number of hydrogen-bond donors (Lipinski definition) is 2. The molecule has 0 atom stereocenters. The van der Waals surface area contributed by atoms with Gasteiger partial charge < -0.3 is 10.6 Å². The molecule has 0 fully saturated rings. The van der Waals surface area contributed by atoms with Crippen LogP contribution in [0, 0.1) is 0 Å². The Hall–Kier alpha value is -1.72. The first-order valence-electron chi connectivity index (χ1n) is 5.57. The van der Waals surface area contributed by atoms with E-state index in [1.165, 1.54) is 0 Å². The van der Waals surface area contributed by atoms with Gasteiger partial charge in [-0.05, 0) is 6.92 Å². The predicted octanol–water partition coefficient (Wildman–Crippen LogP) is -0.433. The first-order chi connectivity index (χ1) is 8.10. The third-order valence-electron chi connectivity index (χ3n) is 2.05. The zero-order chi connectivity index (χ0) is 13.1. The maximum atomic E-state index is 11.3. The number of rotatable bonds is 10. The molecule has 2 amide bonds. The number of ketones is 2. The molecule has 0 aliphatic carbocycles. The highest BCUT2D eigenvalue weighted by molar-refractivity contribution is 5.99. The van der Waals surface area contributed by atoms with Gasteiger partial charge in [-0.25, -0.2) is 0 Å². The third-order valence-corrected chi connectivity index (χ3v) is 2.05.